The van der Waals surface area contributed by atoms with Gasteiger partial charge in [-0.05, 0) is 69.8 Å². The highest BCUT2D eigenvalue weighted by atomic mass is 16.2. The summed E-state index contributed by atoms with van der Waals surface area (Å²) in [6.07, 6.45) is 10.9. The standard InChI is InChI=1S/C25H32N2O3/c1-18(28)20-9-5-6-10-21(20)24(30)27-15-12-25(13-16-27)17-22(25)23(29)26-14-11-19-7-3-2-4-8-19/h5-7,9-10,22H,2-4,8,11-17H2,1H3,(H,26,29)/t22-/m0/s1. The molecule has 4 rings (SSSR count). The third kappa shape index (κ3) is 4.35. The van der Waals surface area contributed by atoms with Crippen molar-refractivity contribution >= 4 is 17.6 Å². The summed E-state index contributed by atoms with van der Waals surface area (Å²) in [7, 11) is 0. The summed E-state index contributed by atoms with van der Waals surface area (Å²) >= 11 is 0. The van der Waals surface area contributed by atoms with Crippen molar-refractivity contribution in [3.8, 4) is 0 Å². The zero-order valence-electron chi connectivity index (χ0n) is 17.9. The van der Waals surface area contributed by atoms with Gasteiger partial charge in [0.2, 0.25) is 5.91 Å². The first-order valence-electron chi connectivity index (χ1n) is 11.3. The van der Waals surface area contributed by atoms with Crippen LogP contribution in [0.2, 0.25) is 0 Å². The minimum atomic E-state index is -0.0876. The summed E-state index contributed by atoms with van der Waals surface area (Å²) in [6, 6.07) is 7.04. The molecule has 30 heavy (non-hydrogen) atoms. The number of carbonyl (C=O) groups excluding carboxylic acids is 3. The Labute approximate surface area is 178 Å². The third-order valence-corrected chi connectivity index (χ3v) is 7.22. The fourth-order valence-corrected chi connectivity index (χ4v) is 5.17. The van der Waals surface area contributed by atoms with Crippen LogP contribution < -0.4 is 5.32 Å². The van der Waals surface area contributed by atoms with Gasteiger partial charge in [-0.25, -0.2) is 0 Å². The molecule has 1 saturated heterocycles. The quantitative estimate of drug-likeness (QED) is 0.568. The van der Waals surface area contributed by atoms with Gasteiger partial charge in [0.25, 0.3) is 5.91 Å². The van der Waals surface area contributed by atoms with E-state index in [-0.39, 0.29) is 28.9 Å². The second-order valence-electron chi connectivity index (χ2n) is 9.16. The first-order valence-corrected chi connectivity index (χ1v) is 11.3. The van der Waals surface area contributed by atoms with E-state index in [2.05, 4.69) is 11.4 Å². The van der Waals surface area contributed by atoms with Crippen LogP contribution in [0.25, 0.3) is 0 Å². The minimum Gasteiger partial charge on any atom is -0.356 e. The van der Waals surface area contributed by atoms with Gasteiger partial charge >= 0.3 is 0 Å². The van der Waals surface area contributed by atoms with E-state index in [1.807, 2.05) is 4.90 Å². The zero-order valence-corrected chi connectivity index (χ0v) is 17.9. The number of carbonyl (C=O) groups is 3. The topological polar surface area (TPSA) is 66.5 Å². The number of nitrogens with one attached hydrogen (secondary N) is 1. The Hall–Kier alpha value is -2.43. The van der Waals surface area contributed by atoms with E-state index in [0.717, 1.165) is 32.2 Å². The molecule has 1 aromatic carbocycles. The molecule has 2 aliphatic carbocycles. The zero-order chi connectivity index (χ0) is 21.1. The molecular formula is C25H32N2O3. The number of rotatable bonds is 6. The van der Waals surface area contributed by atoms with Crippen LogP contribution in [-0.4, -0.2) is 42.1 Å². The van der Waals surface area contributed by atoms with Crippen molar-refractivity contribution in [2.75, 3.05) is 19.6 Å². The van der Waals surface area contributed by atoms with Crippen LogP contribution in [0.3, 0.4) is 0 Å². The molecule has 2 amide bonds. The molecule has 1 spiro atoms. The molecule has 0 aromatic heterocycles. The lowest BCUT2D eigenvalue weighted by atomic mass is 9.90. The highest BCUT2D eigenvalue weighted by molar-refractivity contribution is 6.07. The fraction of sp³-hybridized carbons (Fsp3) is 0.560. The lowest BCUT2D eigenvalue weighted by Crippen LogP contribution is -2.41. The Morgan fingerprint density at radius 3 is 2.50 bits per heavy atom. The van der Waals surface area contributed by atoms with Crippen molar-refractivity contribution in [2.24, 2.45) is 11.3 Å². The van der Waals surface area contributed by atoms with Crippen molar-refractivity contribution in [3.05, 3.63) is 47.0 Å². The van der Waals surface area contributed by atoms with Gasteiger partial charge in [-0.2, -0.15) is 0 Å². The van der Waals surface area contributed by atoms with Crippen LogP contribution in [0.1, 0.15) is 79.0 Å². The van der Waals surface area contributed by atoms with Crippen molar-refractivity contribution in [2.45, 2.75) is 58.3 Å². The number of hydrogen-bond acceptors (Lipinski definition) is 3. The van der Waals surface area contributed by atoms with Gasteiger partial charge in [-0.1, -0.05) is 29.8 Å². The number of ketones is 1. The predicted octanol–water partition coefficient (Wildman–Crippen LogP) is 4.14. The Kier molecular flexibility index (Phi) is 6.07. The number of Topliss-reactive ketones (excluding diaryl/α,β-unsaturated/α-hetero) is 1. The molecule has 1 aromatic rings. The summed E-state index contributed by atoms with van der Waals surface area (Å²) < 4.78 is 0. The summed E-state index contributed by atoms with van der Waals surface area (Å²) in [6.45, 7) is 3.54. The van der Waals surface area contributed by atoms with Crippen molar-refractivity contribution < 1.29 is 14.4 Å². The molecule has 1 atom stereocenters. The smallest absolute Gasteiger partial charge is 0.254 e. The molecular weight excluding hydrogens is 376 g/mol. The first-order chi connectivity index (χ1) is 14.5. The molecule has 1 heterocycles. The molecule has 160 valence electrons. The molecule has 5 nitrogen and oxygen atoms in total. The number of piperidine rings is 1. The Balaban J connectivity index is 1.27. The molecule has 5 heteroatoms. The second kappa shape index (κ2) is 8.75. The van der Waals surface area contributed by atoms with Crippen LogP contribution in [0.5, 0.6) is 0 Å². The maximum Gasteiger partial charge on any atom is 0.254 e. The van der Waals surface area contributed by atoms with E-state index in [0.29, 0.717) is 24.2 Å². The lowest BCUT2D eigenvalue weighted by Gasteiger charge is -2.33. The van der Waals surface area contributed by atoms with Crippen LogP contribution in [0.4, 0.5) is 0 Å². The summed E-state index contributed by atoms with van der Waals surface area (Å²) in [5.41, 5.74) is 2.54. The maximum absolute atomic E-state index is 13.0. The van der Waals surface area contributed by atoms with Crippen LogP contribution >= 0.6 is 0 Å². The second-order valence-corrected chi connectivity index (χ2v) is 9.16. The van der Waals surface area contributed by atoms with Crippen LogP contribution in [-0.2, 0) is 4.79 Å². The highest BCUT2D eigenvalue weighted by Crippen LogP contribution is 2.59. The average Bonchev–Trinajstić information content (AvgIpc) is 3.47. The van der Waals surface area contributed by atoms with E-state index in [1.54, 1.807) is 24.3 Å². The minimum absolute atomic E-state index is 0.0712. The van der Waals surface area contributed by atoms with E-state index >= 15 is 0 Å². The summed E-state index contributed by atoms with van der Waals surface area (Å²) in [5, 5.41) is 3.15. The van der Waals surface area contributed by atoms with Gasteiger partial charge in [0.05, 0.1) is 5.56 Å². The molecule has 0 unspecified atom stereocenters. The molecule has 0 radical (unpaired) electrons. The Morgan fingerprint density at radius 2 is 1.83 bits per heavy atom. The largest absolute Gasteiger partial charge is 0.356 e. The molecule has 1 saturated carbocycles. The lowest BCUT2D eigenvalue weighted by molar-refractivity contribution is -0.123. The maximum atomic E-state index is 13.0. The Morgan fingerprint density at radius 1 is 1.10 bits per heavy atom. The van der Waals surface area contributed by atoms with Crippen molar-refractivity contribution in [1.82, 2.24) is 10.2 Å². The molecule has 1 N–H and O–H groups in total. The number of benzene rings is 1. The summed E-state index contributed by atoms with van der Waals surface area (Å²) in [5.74, 6) is 0.126. The number of amides is 2. The van der Waals surface area contributed by atoms with E-state index in [9.17, 15) is 14.4 Å². The van der Waals surface area contributed by atoms with Crippen LogP contribution in [0, 0.1) is 11.3 Å². The predicted molar refractivity (Wildman–Crippen MR) is 116 cm³/mol. The molecule has 3 aliphatic rings. The monoisotopic (exact) mass is 408 g/mol. The number of allylic oxidation sites excluding steroid dienone is 1. The van der Waals surface area contributed by atoms with Gasteiger partial charge in [0, 0.05) is 31.1 Å². The van der Waals surface area contributed by atoms with E-state index in [1.165, 1.54) is 38.2 Å². The SMILES string of the molecule is CC(=O)c1ccccc1C(=O)N1CCC2(CC1)C[C@H]2C(=O)NCCC1=CCCCC1. The number of likely N-dealkylation sites (tertiary alicyclic amines) is 1. The average molecular weight is 409 g/mol. The van der Waals surface area contributed by atoms with E-state index in [4.69, 9.17) is 0 Å². The Bertz CT molecular complexity index is 865. The summed E-state index contributed by atoms with van der Waals surface area (Å²) in [4.78, 5) is 39.3. The van der Waals surface area contributed by atoms with Crippen molar-refractivity contribution in [1.29, 1.82) is 0 Å². The van der Waals surface area contributed by atoms with Gasteiger partial charge in [0.1, 0.15) is 0 Å². The third-order valence-electron chi connectivity index (χ3n) is 7.22. The van der Waals surface area contributed by atoms with Gasteiger partial charge in [-0.15, -0.1) is 0 Å². The fourth-order valence-electron chi connectivity index (χ4n) is 5.17. The molecule has 0 bridgehead atoms. The number of nitrogens with zero attached hydrogens (tertiary/aromatic N) is 1. The molecule has 1 aliphatic heterocycles. The van der Waals surface area contributed by atoms with Gasteiger partial charge in [0.15, 0.2) is 5.78 Å². The first kappa shape index (κ1) is 20.8. The molecule has 2 fully saturated rings. The van der Waals surface area contributed by atoms with Crippen molar-refractivity contribution in [3.63, 3.8) is 0 Å². The van der Waals surface area contributed by atoms with Crippen LogP contribution in [0.15, 0.2) is 35.9 Å². The van der Waals surface area contributed by atoms with Gasteiger partial charge in [-0.3, -0.25) is 14.4 Å². The highest BCUT2D eigenvalue weighted by Gasteiger charge is 2.58. The van der Waals surface area contributed by atoms with Gasteiger partial charge < -0.3 is 10.2 Å². The van der Waals surface area contributed by atoms with E-state index < -0.39 is 0 Å². The normalized spacial score (nSPS) is 22.4. The number of hydrogen-bond donors (Lipinski definition) is 1.